The second-order valence-corrected chi connectivity index (χ2v) is 9.40. The Morgan fingerprint density at radius 2 is 1.77 bits per heavy atom. The Bertz CT molecular complexity index is 1490. The minimum absolute atomic E-state index is 0.160. The highest BCUT2D eigenvalue weighted by Crippen LogP contribution is 2.38. The molecule has 200 valence electrons. The number of carbonyl (C=O) groups is 4. The van der Waals surface area contributed by atoms with E-state index < -0.39 is 23.8 Å². The van der Waals surface area contributed by atoms with E-state index in [0.717, 1.165) is 14.9 Å². The summed E-state index contributed by atoms with van der Waals surface area (Å²) in [6.45, 7) is 2.32. The fraction of sp³-hybridized carbons (Fsp3) is 0.143. The van der Waals surface area contributed by atoms with Crippen molar-refractivity contribution in [1.29, 1.82) is 0 Å². The van der Waals surface area contributed by atoms with Gasteiger partial charge >= 0.3 is 12.0 Å². The molecule has 1 fully saturated rings. The highest BCUT2D eigenvalue weighted by Gasteiger charge is 2.37. The molecule has 11 heteroatoms. The summed E-state index contributed by atoms with van der Waals surface area (Å²) in [5, 5.41) is 2.36. The normalized spacial score (nSPS) is 14.3. The number of esters is 1. The van der Waals surface area contributed by atoms with Gasteiger partial charge in [-0.15, -0.1) is 0 Å². The smallest absolute Gasteiger partial charge is 0.337 e. The van der Waals surface area contributed by atoms with Gasteiger partial charge in [-0.05, 0) is 61.0 Å². The first kappa shape index (κ1) is 27.9. The molecule has 3 aromatic carbocycles. The van der Waals surface area contributed by atoms with Crippen molar-refractivity contribution in [3.63, 3.8) is 0 Å². The van der Waals surface area contributed by atoms with Crippen LogP contribution in [0.15, 0.2) is 70.7 Å². The fourth-order valence-electron chi connectivity index (χ4n) is 3.76. The lowest BCUT2D eigenvalue weighted by atomic mass is 10.1. The molecule has 1 N–H and O–H groups in total. The van der Waals surface area contributed by atoms with Crippen LogP contribution in [-0.2, 0) is 20.9 Å². The number of rotatable bonds is 8. The fourth-order valence-corrected chi connectivity index (χ4v) is 4.44. The quantitative estimate of drug-likeness (QED) is 0.202. The molecular weight excluding hydrogens is 592 g/mol. The molecule has 4 amide bonds. The third-order valence-corrected chi connectivity index (χ3v) is 6.68. The molecule has 0 aliphatic carbocycles. The van der Waals surface area contributed by atoms with Crippen molar-refractivity contribution in [3.8, 4) is 11.5 Å². The Morgan fingerprint density at radius 3 is 2.44 bits per heavy atom. The number of ether oxygens (including phenoxy) is 3. The Labute approximate surface area is 237 Å². The van der Waals surface area contributed by atoms with E-state index in [4.69, 9.17) is 21.1 Å². The van der Waals surface area contributed by atoms with Crippen LogP contribution in [0, 0.1) is 0 Å². The van der Waals surface area contributed by atoms with Gasteiger partial charge in [-0.3, -0.25) is 14.9 Å². The first-order valence-corrected chi connectivity index (χ1v) is 12.8. The van der Waals surface area contributed by atoms with E-state index in [1.165, 1.54) is 43.5 Å². The topological polar surface area (TPSA) is 111 Å². The standard InChI is InChI=1S/C28H22BrClN2O7/c1-3-38-23-14-16(13-22(30)24(23)39-15-18-6-4-5-7-21(18)29)12-20-25(33)31-28(36)32(26(20)34)19-10-8-17(9-11-19)27(35)37-2/h4-14H,3,15H2,1-2H3,(H,31,33,36)/b20-12+. The molecule has 9 nitrogen and oxygen atoms in total. The molecular formula is C28H22BrClN2O7. The maximum absolute atomic E-state index is 13.3. The van der Waals surface area contributed by atoms with Crippen molar-refractivity contribution < 1.29 is 33.4 Å². The molecule has 0 spiro atoms. The molecule has 39 heavy (non-hydrogen) atoms. The van der Waals surface area contributed by atoms with E-state index in [1.807, 2.05) is 24.3 Å². The van der Waals surface area contributed by atoms with E-state index in [-0.39, 0.29) is 28.5 Å². The number of hydrogen-bond donors (Lipinski definition) is 1. The van der Waals surface area contributed by atoms with Gasteiger partial charge in [-0.1, -0.05) is 45.7 Å². The molecule has 4 rings (SSSR count). The Balaban J connectivity index is 1.65. The zero-order valence-electron chi connectivity index (χ0n) is 20.8. The van der Waals surface area contributed by atoms with Gasteiger partial charge in [-0.2, -0.15) is 0 Å². The van der Waals surface area contributed by atoms with E-state index in [1.54, 1.807) is 13.0 Å². The summed E-state index contributed by atoms with van der Waals surface area (Å²) >= 11 is 10.0. The van der Waals surface area contributed by atoms with Crippen LogP contribution >= 0.6 is 27.5 Å². The van der Waals surface area contributed by atoms with Crippen LogP contribution < -0.4 is 19.7 Å². The van der Waals surface area contributed by atoms with E-state index in [9.17, 15) is 19.2 Å². The molecule has 3 aromatic rings. The SMILES string of the molecule is CCOc1cc(/C=C2\C(=O)NC(=O)N(c3ccc(C(=O)OC)cc3)C2=O)cc(Cl)c1OCc1ccccc1Br. The number of barbiturate groups is 1. The van der Waals surface area contributed by atoms with Gasteiger partial charge in [-0.25, -0.2) is 14.5 Å². The number of anilines is 1. The average Bonchev–Trinajstić information content (AvgIpc) is 2.91. The van der Waals surface area contributed by atoms with Crippen LogP contribution in [0.2, 0.25) is 5.02 Å². The number of halogens is 2. The maximum atomic E-state index is 13.3. The van der Waals surface area contributed by atoms with Crippen LogP contribution in [0.4, 0.5) is 10.5 Å². The average molecular weight is 614 g/mol. The van der Waals surface area contributed by atoms with E-state index in [0.29, 0.717) is 23.7 Å². The zero-order chi connectivity index (χ0) is 28.1. The summed E-state index contributed by atoms with van der Waals surface area (Å²) in [6, 6.07) is 15.4. The Kier molecular flexibility index (Phi) is 8.68. The van der Waals surface area contributed by atoms with Crippen molar-refractivity contribution in [2.75, 3.05) is 18.6 Å². The van der Waals surface area contributed by atoms with Crippen molar-refractivity contribution in [2.45, 2.75) is 13.5 Å². The van der Waals surface area contributed by atoms with Gasteiger partial charge in [0.2, 0.25) is 0 Å². The highest BCUT2D eigenvalue weighted by molar-refractivity contribution is 9.10. The zero-order valence-corrected chi connectivity index (χ0v) is 23.2. The molecule has 0 unspecified atom stereocenters. The number of nitrogens with one attached hydrogen (secondary N) is 1. The predicted molar refractivity (Wildman–Crippen MR) is 148 cm³/mol. The molecule has 0 saturated carbocycles. The first-order chi connectivity index (χ1) is 18.7. The Morgan fingerprint density at radius 1 is 1.05 bits per heavy atom. The number of methoxy groups -OCH3 is 1. The molecule has 1 aliphatic rings. The molecule has 0 aromatic heterocycles. The summed E-state index contributed by atoms with van der Waals surface area (Å²) < 4.78 is 17.2. The van der Waals surface area contributed by atoms with Crippen LogP contribution in [0.5, 0.6) is 11.5 Å². The lowest BCUT2D eigenvalue weighted by Crippen LogP contribution is -2.54. The second kappa shape index (κ2) is 12.1. The van der Waals surface area contributed by atoms with Crippen LogP contribution in [0.1, 0.15) is 28.4 Å². The monoisotopic (exact) mass is 612 g/mol. The van der Waals surface area contributed by atoms with Gasteiger partial charge in [0.15, 0.2) is 11.5 Å². The highest BCUT2D eigenvalue weighted by atomic mass is 79.9. The third-order valence-electron chi connectivity index (χ3n) is 5.62. The second-order valence-electron chi connectivity index (χ2n) is 8.14. The summed E-state index contributed by atoms with van der Waals surface area (Å²) in [6.07, 6.45) is 1.31. The number of nitrogens with zero attached hydrogens (tertiary/aromatic N) is 1. The van der Waals surface area contributed by atoms with Crippen LogP contribution in [-0.4, -0.2) is 37.5 Å². The minimum atomic E-state index is -0.920. The van der Waals surface area contributed by atoms with Crippen LogP contribution in [0.3, 0.4) is 0 Å². The van der Waals surface area contributed by atoms with E-state index >= 15 is 0 Å². The number of benzene rings is 3. The molecule has 0 bridgehead atoms. The lowest BCUT2D eigenvalue weighted by Gasteiger charge is -2.26. The predicted octanol–water partition coefficient (Wildman–Crippen LogP) is 5.53. The van der Waals surface area contributed by atoms with Crippen molar-refractivity contribution in [2.24, 2.45) is 0 Å². The molecule has 1 saturated heterocycles. The van der Waals surface area contributed by atoms with Crippen molar-refractivity contribution in [3.05, 3.63) is 92.4 Å². The Hall–Kier alpha value is -4.15. The van der Waals surface area contributed by atoms with Gasteiger partial charge < -0.3 is 14.2 Å². The van der Waals surface area contributed by atoms with Gasteiger partial charge in [0.1, 0.15) is 12.2 Å². The number of hydrogen-bond acceptors (Lipinski definition) is 7. The molecule has 0 atom stereocenters. The van der Waals surface area contributed by atoms with Gasteiger partial charge in [0.05, 0.1) is 30.0 Å². The lowest BCUT2D eigenvalue weighted by molar-refractivity contribution is -0.122. The number of carbonyl (C=O) groups excluding carboxylic acids is 4. The summed E-state index contributed by atoms with van der Waals surface area (Å²) in [7, 11) is 1.24. The largest absolute Gasteiger partial charge is 0.490 e. The first-order valence-electron chi connectivity index (χ1n) is 11.7. The third kappa shape index (κ3) is 6.13. The maximum Gasteiger partial charge on any atom is 0.337 e. The number of amides is 4. The minimum Gasteiger partial charge on any atom is -0.490 e. The van der Waals surface area contributed by atoms with Gasteiger partial charge in [0.25, 0.3) is 11.8 Å². The summed E-state index contributed by atoms with van der Waals surface area (Å²) in [4.78, 5) is 50.9. The molecule has 0 radical (unpaired) electrons. The van der Waals surface area contributed by atoms with Crippen molar-refractivity contribution >= 4 is 63.1 Å². The van der Waals surface area contributed by atoms with Crippen molar-refractivity contribution in [1.82, 2.24) is 5.32 Å². The molecule has 1 heterocycles. The van der Waals surface area contributed by atoms with Crippen LogP contribution in [0.25, 0.3) is 6.08 Å². The summed E-state index contributed by atoms with van der Waals surface area (Å²) in [5.74, 6) is -1.66. The number of imide groups is 2. The molecule has 1 aliphatic heterocycles. The summed E-state index contributed by atoms with van der Waals surface area (Å²) in [5.41, 5.74) is 1.37. The van der Waals surface area contributed by atoms with E-state index in [2.05, 4.69) is 26.0 Å². The van der Waals surface area contributed by atoms with Gasteiger partial charge in [0, 0.05) is 10.0 Å². The number of urea groups is 1.